The molecule has 2 rings (SSSR count). The predicted octanol–water partition coefficient (Wildman–Crippen LogP) is 4.11. The summed E-state index contributed by atoms with van der Waals surface area (Å²) in [5.41, 5.74) is -0.0209. The third-order valence-electron chi connectivity index (χ3n) is 4.90. The van der Waals surface area contributed by atoms with Crippen LogP contribution in [-0.2, 0) is 19.6 Å². The van der Waals surface area contributed by atoms with E-state index in [1.165, 1.54) is 66.9 Å². The van der Waals surface area contributed by atoms with Crippen LogP contribution in [0.2, 0.25) is 0 Å². The third kappa shape index (κ3) is 7.08. The maximum Gasteiger partial charge on any atom is 0.377 e. The molecule has 202 valence electrons. The quantitative estimate of drug-likeness (QED) is 0.247. The van der Waals surface area contributed by atoms with E-state index in [0.29, 0.717) is 24.3 Å². The minimum atomic E-state index is -0.929. The Morgan fingerprint density at radius 1 is 0.595 bits per heavy atom. The molecule has 2 aromatic rings. The van der Waals surface area contributed by atoms with E-state index in [1.54, 1.807) is 0 Å². The Morgan fingerprint density at radius 3 is 1.32 bits per heavy atom. The summed E-state index contributed by atoms with van der Waals surface area (Å²) in [7, 11) is 8.38. The molecule has 0 aliphatic heterocycles. The van der Waals surface area contributed by atoms with Gasteiger partial charge in [0, 0.05) is 6.42 Å². The molecule has 0 unspecified atom stereocenters. The number of hydrogen-bond donors (Lipinski definition) is 0. The Morgan fingerprint density at radius 2 is 1.00 bits per heavy atom. The van der Waals surface area contributed by atoms with Crippen LogP contribution >= 0.6 is 0 Å². The second-order valence-electron chi connectivity index (χ2n) is 7.00. The molecule has 2 radical (unpaired) electrons. The molecule has 0 heterocycles. The summed E-state index contributed by atoms with van der Waals surface area (Å²) in [5, 5.41) is 0. The van der Waals surface area contributed by atoms with Gasteiger partial charge in [0.15, 0.2) is 23.0 Å². The molecule has 0 fully saturated rings. The normalized spacial score (nSPS) is 10.5. The van der Waals surface area contributed by atoms with Crippen LogP contribution < -0.4 is 28.4 Å². The summed E-state index contributed by atoms with van der Waals surface area (Å²) in [5.74, 6) is -0.640. The van der Waals surface area contributed by atoms with E-state index in [0.717, 1.165) is 0 Å². The van der Waals surface area contributed by atoms with Gasteiger partial charge in [-0.15, -0.1) is 9.78 Å². The Labute approximate surface area is 215 Å². The van der Waals surface area contributed by atoms with Gasteiger partial charge in [0.25, 0.3) is 0 Å². The minimum Gasteiger partial charge on any atom is -0.493 e. The summed E-state index contributed by atoms with van der Waals surface area (Å²) >= 11 is 0. The molecule has 0 bridgehead atoms. The topological polar surface area (TPSA) is 126 Å². The van der Waals surface area contributed by atoms with E-state index in [2.05, 4.69) is 6.92 Å². The lowest BCUT2D eigenvalue weighted by Gasteiger charge is -2.17. The largest absolute Gasteiger partial charge is 0.493 e. The third-order valence-corrected chi connectivity index (χ3v) is 4.90. The van der Waals surface area contributed by atoms with Gasteiger partial charge in [0.05, 0.1) is 42.7 Å². The van der Waals surface area contributed by atoms with Crippen LogP contribution in [0.4, 0.5) is 0 Å². The first kappa shape index (κ1) is 29.3. The van der Waals surface area contributed by atoms with Crippen molar-refractivity contribution in [2.24, 2.45) is 0 Å². The molecule has 0 amide bonds. The van der Waals surface area contributed by atoms with E-state index in [1.807, 2.05) is 0 Å². The zero-order valence-electron chi connectivity index (χ0n) is 21.5. The highest BCUT2D eigenvalue weighted by atomic mass is 17.3. The number of rotatable bonds is 15. The number of methoxy groups -OCH3 is 6. The van der Waals surface area contributed by atoms with Gasteiger partial charge in [-0.1, -0.05) is 13.3 Å². The number of carbonyl (C=O) groups excluding carboxylic acids is 2. The second kappa shape index (κ2) is 14.6. The van der Waals surface area contributed by atoms with E-state index in [9.17, 15) is 9.59 Å². The van der Waals surface area contributed by atoms with Crippen molar-refractivity contribution >= 4 is 11.9 Å². The predicted molar refractivity (Wildman–Crippen MR) is 128 cm³/mol. The average molecular weight is 523 g/mol. The molecule has 0 spiro atoms. The lowest BCUT2D eigenvalue weighted by molar-refractivity contribution is -0.363. The second-order valence-corrected chi connectivity index (χ2v) is 7.00. The van der Waals surface area contributed by atoms with Crippen molar-refractivity contribution in [3.05, 3.63) is 48.6 Å². The first-order valence-corrected chi connectivity index (χ1v) is 10.9. The molecule has 0 aliphatic rings. The summed E-state index contributed by atoms with van der Waals surface area (Å²) in [6.45, 7) is 3.73. The van der Waals surface area contributed by atoms with Gasteiger partial charge < -0.3 is 28.4 Å². The van der Waals surface area contributed by atoms with Crippen molar-refractivity contribution in [1.29, 1.82) is 0 Å². The Hall–Kier alpha value is -3.90. The van der Waals surface area contributed by atoms with Gasteiger partial charge >= 0.3 is 18.2 Å². The van der Waals surface area contributed by atoms with E-state index >= 15 is 0 Å². The summed E-state index contributed by atoms with van der Waals surface area (Å²) in [4.78, 5) is 45.3. The lowest BCUT2D eigenvalue weighted by Crippen LogP contribution is -2.17. The van der Waals surface area contributed by atoms with Crippen molar-refractivity contribution in [3.8, 4) is 34.5 Å². The van der Waals surface area contributed by atoms with Crippen LogP contribution in [0.5, 0.6) is 34.5 Å². The maximum atomic E-state index is 12.7. The van der Waals surface area contributed by atoms with Crippen LogP contribution in [0, 0.1) is 13.2 Å². The molecule has 37 heavy (non-hydrogen) atoms. The molecule has 12 nitrogen and oxygen atoms in total. The monoisotopic (exact) mass is 522 g/mol. The SMILES string of the molecule is [CH2]CCC[C](OOC(=O)c1ccc(OC)c(OC)c1OC)OOC(=O)c1ccc(OC)c(OC)c1OC. The first-order valence-electron chi connectivity index (χ1n) is 10.9. The minimum absolute atomic E-state index is 0.0104. The molecule has 0 saturated carbocycles. The summed E-state index contributed by atoms with van der Waals surface area (Å²) in [6, 6.07) is 5.82. The highest BCUT2D eigenvalue weighted by Crippen LogP contribution is 2.41. The van der Waals surface area contributed by atoms with Crippen molar-refractivity contribution < 1.29 is 57.6 Å². The molecule has 0 aliphatic carbocycles. The van der Waals surface area contributed by atoms with Gasteiger partial charge in [-0.3, -0.25) is 9.78 Å². The van der Waals surface area contributed by atoms with Gasteiger partial charge in [-0.05, 0) is 30.7 Å². The van der Waals surface area contributed by atoms with Gasteiger partial charge in [0.1, 0.15) is 11.1 Å². The molecular weight excluding hydrogens is 492 g/mol. The van der Waals surface area contributed by atoms with Crippen LogP contribution in [-0.4, -0.2) is 54.6 Å². The van der Waals surface area contributed by atoms with Gasteiger partial charge in [-0.2, -0.15) is 0 Å². The van der Waals surface area contributed by atoms with Crippen molar-refractivity contribution in [1.82, 2.24) is 0 Å². The fourth-order valence-electron chi connectivity index (χ4n) is 3.15. The maximum absolute atomic E-state index is 12.7. The van der Waals surface area contributed by atoms with Crippen LogP contribution in [0.3, 0.4) is 0 Å². The fraction of sp³-hybridized carbons (Fsp3) is 0.360. The van der Waals surface area contributed by atoms with Crippen LogP contribution in [0.15, 0.2) is 24.3 Å². The zero-order chi connectivity index (χ0) is 27.4. The van der Waals surface area contributed by atoms with Crippen molar-refractivity contribution in [2.45, 2.75) is 19.3 Å². The highest BCUT2D eigenvalue weighted by molar-refractivity contribution is 5.94. The van der Waals surface area contributed by atoms with Crippen molar-refractivity contribution in [2.75, 3.05) is 42.7 Å². The smallest absolute Gasteiger partial charge is 0.377 e. The number of unbranched alkanes of at least 4 members (excludes halogenated alkanes) is 1. The van der Waals surface area contributed by atoms with Gasteiger partial charge in [0.2, 0.25) is 11.5 Å². The highest BCUT2D eigenvalue weighted by Gasteiger charge is 2.27. The average Bonchev–Trinajstić information content (AvgIpc) is 2.94. The molecule has 0 aromatic heterocycles. The molecule has 2 aromatic carbocycles. The van der Waals surface area contributed by atoms with Crippen LogP contribution in [0.25, 0.3) is 0 Å². The molecule has 12 heteroatoms. The summed E-state index contributed by atoms with van der Waals surface area (Å²) in [6.07, 6.45) is 0.787. The summed E-state index contributed by atoms with van der Waals surface area (Å²) < 4.78 is 31.5. The molecule has 0 N–H and O–H groups in total. The number of ether oxygens (including phenoxy) is 6. The number of benzene rings is 2. The Bertz CT molecular complexity index is 973. The number of hydrogen-bond acceptors (Lipinski definition) is 12. The first-order chi connectivity index (χ1) is 17.9. The molecular formula is C25H30O12. The molecule has 0 saturated heterocycles. The standard InChI is InChI=1S/C25H30O12/c1-8-9-10-19(34-36-24(26)15-11-13-17(28-2)22(32-6)20(15)30-4)35-37-25(27)16-12-14-18(29-3)23(33-7)21(16)31-5/h11-14H,1,8-10H2,2-7H3. The lowest BCUT2D eigenvalue weighted by atomic mass is 10.1. The van der Waals surface area contributed by atoms with E-state index < -0.39 is 11.9 Å². The fourth-order valence-corrected chi connectivity index (χ4v) is 3.15. The Balaban J connectivity index is 2.14. The van der Waals surface area contributed by atoms with E-state index in [4.69, 9.17) is 48.0 Å². The molecule has 0 atom stereocenters. The Kier molecular flexibility index (Phi) is 11.6. The number of carbonyl (C=O) groups is 2. The zero-order valence-corrected chi connectivity index (χ0v) is 21.5. The van der Waals surface area contributed by atoms with Gasteiger partial charge in [-0.25, -0.2) is 9.59 Å². The van der Waals surface area contributed by atoms with Crippen LogP contribution in [0.1, 0.15) is 40.0 Å². The van der Waals surface area contributed by atoms with E-state index in [-0.39, 0.29) is 46.8 Å². The van der Waals surface area contributed by atoms with Crippen molar-refractivity contribution in [3.63, 3.8) is 0 Å².